The molecule has 1 aromatic carbocycles. The number of alkyl halides is 1. The lowest BCUT2D eigenvalue weighted by atomic mass is 10.3. The van der Waals surface area contributed by atoms with E-state index in [1.165, 1.54) is 16.3 Å². The van der Waals surface area contributed by atoms with Crippen LogP contribution in [-0.4, -0.2) is 34.5 Å². The second kappa shape index (κ2) is 7.04. The van der Waals surface area contributed by atoms with Crippen molar-refractivity contribution >= 4 is 23.4 Å². The van der Waals surface area contributed by atoms with Crippen molar-refractivity contribution in [2.75, 3.05) is 24.4 Å². The zero-order chi connectivity index (χ0) is 17.1. The first-order chi connectivity index (χ1) is 11.6. The van der Waals surface area contributed by atoms with Crippen molar-refractivity contribution in [1.82, 2.24) is 9.55 Å². The quantitative estimate of drug-likeness (QED) is 0.639. The summed E-state index contributed by atoms with van der Waals surface area (Å²) in [6.07, 6.45) is 0.124. The van der Waals surface area contributed by atoms with Crippen LogP contribution >= 0.6 is 11.8 Å². The number of carbonyl (C=O) groups excluding carboxylic acids is 1. The van der Waals surface area contributed by atoms with Gasteiger partial charge in [-0.1, -0.05) is 18.7 Å². The van der Waals surface area contributed by atoms with Crippen LogP contribution in [0.25, 0.3) is 5.69 Å². The maximum absolute atomic E-state index is 12.8. The van der Waals surface area contributed by atoms with Gasteiger partial charge in [-0.15, -0.1) is 0 Å². The minimum Gasteiger partial charge on any atom is -0.491 e. The number of halogens is 1. The molecule has 1 N–H and O–H groups in total. The maximum atomic E-state index is 12.8. The summed E-state index contributed by atoms with van der Waals surface area (Å²) < 4.78 is 18.8. The Morgan fingerprint density at radius 2 is 2.08 bits per heavy atom. The number of benzene rings is 1. The third-order valence-corrected chi connectivity index (χ3v) is 4.25. The topological polar surface area (TPSA) is 73.2 Å². The van der Waals surface area contributed by atoms with Crippen molar-refractivity contribution < 1.29 is 13.9 Å². The summed E-state index contributed by atoms with van der Waals surface area (Å²) in [5.41, 5.74) is 1.03. The fourth-order valence-corrected chi connectivity index (χ4v) is 3.18. The Balaban J connectivity index is 2.05. The molecule has 1 aromatic heterocycles. The van der Waals surface area contributed by atoms with E-state index in [1.54, 1.807) is 24.3 Å². The van der Waals surface area contributed by atoms with Gasteiger partial charge in [-0.25, -0.2) is 9.37 Å². The van der Waals surface area contributed by atoms with E-state index in [0.29, 0.717) is 22.3 Å². The molecule has 1 amide bonds. The number of amides is 1. The normalized spacial score (nSPS) is 12.8. The predicted octanol–water partition coefficient (Wildman–Crippen LogP) is 2.19. The Kier molecular flexibility index (Phi) is 4.84. The second-order valence-electron chi connectivity index (χ2n) is 5.05. The molecule has 0 radical (unpaired) electrons. The molecular formula is C16H16FN3O3S. The van der Waals surface area contributed by atoms with E-state index in [0.717, 1.165) is 5.75 Å². The highest BCUT2D eigenvalue weighted by atomic mass is 32.2. The maximum Gasteiger partial charge on any atom is 0.282 e. The number of carbonyl (C=O) groups is 1. The van der Waals surface area contributed by atoms with Gasteiger partial charge in [0.05, 0.1) is 17.8 Å². The zero-order valence-electron chi connectivity index (χ0n) is 13.0. The van der Waals surface area contributed by atoms with Gasteiger partial charge >= 0.3 is 0 Å². The van der Waals surface area contributed by atoms with Gasteiger partial charge in [0.15, 0.2) is 5.16 Å². The largest absolute Gasteiger partial charge is 0.491 e. The monoisotopic (exact) mass is 349 g/mol. The third-order valence-electron chi connectivity index (χ3n) is 3.43. The van der Waals surface area contributed by atoms with Gasteiger partial charge in [0, 0.05) is 0 Å². The van der Waals surface area contributed by atoms with Gasteiger partial charge in [-0.05, 0) is 30.0 Å². The molecule has 0 atom stereocenters. The van der Waals surface area contributed by atoms with Crippen LogP contribution in [0.1, 0.15) is 12.6 Å². The number of thioether (sulfide) groups is 1. The molecule has 0 unspecified atom stereocenters. The number of hydrogen-bond donors (Lipinski definition) is 1. The number of nitrogens with one attached hydrogen (secondary N) is 1. The highest BCUT2D eigenvalue weighted by Crippen LogP contribution is 2.25. The standard InChI is InChI=1S/C16H16FN3O3S/c1-2-24-16-18-12-9-13(21)19-14(12)15(22)20(16)10-3-5-11(6-4-10)23-8-7-17/h3-6H,2,7-9H2,1H3,(H,19,21). The van der Waals surface area contributed by atoms with E-state index in [2.05, 4.69) is 10.3 Å². The molecule has 0 saturated heterocycles. The van der Waals surface area contributed by atoms with E-state index in [9.17, 15) is 14.0 Å². The summed E-state index contributed by atoms with van der Waals surface area (Å²) in [7, 11) is 0. The minimum absolute atomic E-state index is 0.0112. The zero-order valence-corrected chi connectivity index (χ0v) is 13.9. The van der Waals surface area contributed by atoms with Crippen molar-refractivity contribution in [3.63, 3.8) is 0 Å². The number of ether oxygens (including phenoxy) is 1. The van der Waals surface area contributed by atoms with Crippen LogP contribution in [0.5, 0.6) is 5.75 Å². The summed E-state index contributed by atoms with van der Waals surface area (Å²) in [5.74, 6) is 1.04. The van der Waals surface area contributed by atoms with Gasteiger partial charge in [0.25, 0.3) is 5.56 Å². The average molecular weight is 349 g/mol. The molecule has 0 spiro atoms. The summed E-state index contributed by atoms with van der Waals surface area (Å²) >= 11 is 1.43. The summed E-state index contributed by atoms with van der Waals surface area (Å²) in [4.78, 5) is 28.8. The van der Waals surface area contributed by atoms with Crippen LogP contribution in [0.3, 0.4) is 0 Å². The van der Waals surface area contributed by atoms with E-state index in [1.807, 2.05) is 6.92 Å². The molecule has 0 saturated carbocycles. The Morgan fingerprint density at radius 3 is 2.75 bits per heavy atom. The molecule has 3 rings (SSSR count). The summed E-state index contributed by atoms with van der Waals surface area (Å²) in [6.45, 7) is 1.39. The van der Waals surface area contributed by atoms with Crippen LogP contribution in [0.2, 0.25) is 0 Å². The van der Waals surface area contributed by atoms with Crippen LogP contribution in [0.4, 0.5) is 10.1 Å². The molecule has 24 heavy (non-hydrogen) atoms. The molecule has 0 aliphatic carbocycles. The Morgan fingerprint density at radius 1 is 1.33 bits per heavy atom. The fourth-order valence-electron chi connectivity index (χ4n) is 2.43. The number of aromatic nitrogens is 2. The van der Waals surface area contributed by atoms with Gasteiger partial charge in [0.2, 0.25) is 5.91 Å². The van der Waals surface area contributed by atoms with Crippen LogP contribution in [0, 0.1) is 0 Å². The molecule has 8 heteroatoms. The number of fused-ring (bicyclic) bond motifs is 1. The van der Waals surface area contributed by atoms with E-state index in [-0.39, 0.29) is 30.2 Å². The van der Waals surface area contributed by atoms with E-state index >= 15 is 0 Å². The lowest BCUT2D eigenvalue weighted by molar-refractivity contribution is -0.115. The molecule has 1 aliphatic rings. The molecule has 6 nitrogen and oxygen atoms in total. The van der Waals surface area contributed by atoms with Gasteiger partial charge < -0.3 is 10.1 Å². The highest BCUT2D eigenvalue weighted by Gasteiger charge is 2.26. The molecule has 0 bridgehead atoms. The number of nitrogens with zero attached hydrogens (tertiary/aromatic N) is 2. The molecule has 0 fully saturated rings. The van der Waals surface area contributed by atoms with E-state index < -0.39 is 6.67 Å². The van der Waals surface area contributed by atoms with E-state index in [4.69, 9.17) is 4.74 Å². The molecule has 126 valence electrons. The Hall–Kier alpha value is -2.35. The van der Waals surface area contributed by atoms with Gasteiger partial charge in [-0.2, -0.15) is 0 Å². The van der Waals surface area contributed by atoms with Gasteiger partial charge in [0.1, 0.15) is 24.7 Å². The lowest BCUT2D eigenvalue weighted by Gasteiger charge is -2.13. The second-order valence-corrected chi connectivity index (χ2v) is 6.28. The number of anilines is 1. The van der Waals surface area contributed by atoms with Crippen molar-refractivity contribution in [2.45, 2.75) is 18.5 Å². The first kappa shape index (κ1) is 16.5. The minimum atomic E-state index is -0.563. The highest BCUT2D eigenvalue weighted by molar-refractivity contribution is 7.99. The SMILES string of the molecule is CCSc1nc2c(c(=O)n1-c1ccc(OCCF)cc1)NC(=O)C2. The fraction of sp³-hybridized carbons (Fsp3) is 0.312. The van der Waals surface area contributed by atoms with Crippen LogP contribution in [0.15, 0.2) is 34.2 Å². The predicted molar refractivity (Wildman–Crippen MR) is 90.0 cm³/mol. The van der Waals surface area contributed by atoms with Crippen molar-refractivity contribution in [3.05, 3.63) is 40.3 Å². The lowest BCUT2D eigenvalue weighted by Crippen LogP contribution is -2.24. The number of rotatable bonds is 6. The average Bonchev–Trinajstić information content (AvgIpc) is 2.95. The third kappa shape index (κ3) is 3.14. The Bertz CT molecular complexity index is 821. The smallest absolute Gasteiger partial charge is 0.282 e. The van der Waals surface area contributed by atoms with Crippen LogP contribution in [-0.2, 0) is 11.2 Å². The van der Waals surface area contributed by atoms with Crippen molar-refractivity contribution in [2.24, 2.45) is 0 Å². The molecule has 1 aliphatic heterocycles. The summed E-state index contributed by atoms with van der Waals surface area (Å²) in [6, 6.07) is 6.76. The van der Waals surface area contributed by atoms with Crippen molar-refractivity contribution in [1.29, 1.82) is 0 Å². The molecule has 2 aromatic rings. The first-order valence-electron chi connectivity index (χ1n) is 7.51. The molecular weight excluding hydrogens is 333 g/mol. The molecule has 2 heterocycles. The van der Waals surface area contributed by atoms with Crippen molar-refractivity contribution in [3.8, 4) is 11.4 Å². The summed E-state index contributed by atoms with van der Waals surface area (Å²) in [5, 5.41) is 3.11. The Labute approximate surface area is 142 Å². The first-order valence-corrected chi connectivity index (χ1v) is 8.50. The number of hydrogen-bond acceptors (Lipinski definition) is 5. The van der Waals surface area contributed by atoms with Gasteiger partial charge in [-0.3, -0.25) is 14.2 Å². The van der Waals surface area contributed by atoms with Crippen LogP contribution < -0.4 is 15.6 Å².